The van der Waals surface area contributed by atoms with E-state index in [2.05, 4.69) is 18.7 Å². The van der Waals surface area contributed by atoms with Gasteiger partial charge in [0, 0.05) is 36.4 Å². The third-order valence-electron chi connectivity index (χ3n) is 3.31. The number of nitrogens with two attached hydrogens (primary N) is 1. The van der Waals surface area contributed by atoms with Crippen molar-refractivity contribution in [2.75, 3.05) is 30.3 Å². The van der Waals surface area contributed by atoms with Crippen molar-refractivity contribution in [3.63, 3.8) is 0 Å². The zero-order chi connectivity index (χ0) is 13.1. The van der Waals surface area contributed by atoms with Gasteiger partial charge in [0.05, 0.1) is 0 Å². The van der Waals surface area contributed by atoms with Crippen molar-refractivity contribution in [1.82, 2.24) is 4.90 Å². The van der Waals surface area contributed by atoms with Gasteiger partial charge in [0.25, 0.3) is 0 Å². The summed E-state index contributed by atoms with van der Waals surface area (Å²) in [6, 6.07) is 0.0488. The van der Waals surface area contributed by atoms with Crippen molar-refractivity contribution in [2.24, 2.45) is 11.7 Å². The maximum absolute atomic E-state index is 12.0. The molecular formula is C11H24N2O2S2. The molecule has 0 radical (unpaired) electrons. The van der Waals surface area contributed by atoms with E-state index in [1.165, 1.54) is 0 Å². The first-order valence-electron chi connectivity index (χ1n) is 6.17. The molecule has 1 rings (SSSR count). The Hall–Kier alpha value is 0.220. The molecule has 1 aliphatic heterocycles. The summed E-state index contributed by atoms with van der Waals surface area (Å²) in [6.45, 7) is 7.38. The van der Waals surface area contributed by atoms with Gasteiger partial charge < -0.3 is 5.73 Å². The van der Waals surface area contributed by atoms with Crippen LogP contribution in [-0.2, 0) is 9.84 Å². The van der Waals surface area contributed by atoms with Crippen molar-refractivity contribution in [3.8, 4) is 0 Å². The largest absolute Gasteiger partial charge is 0.326 e. The second-order valence-electron chi connectivity index (χ2n) is 4.88. The molecule has 1 heterocycles. The molecule has 0 amide bonds. The number of hydrogen-bond donors (Lipinski definition) is 1. The van der Waals surface area contributed by atoms with Crippen LogP contribution in [0, 0.1) is 5.92 Å². The highest BCUT2D eigenvalue weighted by Crippen LogP contribution is 2.22. The SMILES string of the molecule is CCS(=O)(=O)C1CSCCN1CC(N)C(C)C. The molecule has 2 unspecified atom stereocenters. The Morgan fingerprint density at radius 2 is 2.12 bits per heavy atom. The van der Waals surface area contributed by atoms with Crippen LogP contribution < -0.4 is 5.73 Å². The van der Waals surface area contributed by atoms with Gasteiger partial charge in [-0.05, 0) is 5.92 Å². The van der Waals surface area contributed by atoms with Gasteiger partial charge in [-0.2, -0.15) is 11.8 Å². The molecule has 0 spiro atoms. The molecular weight excluding hydrogens is 256 g/mol. The summed E-state index contributed by atoms with van der Waals surface area (Å²) in [4.78, 5) is 2.06. The standard InChI is InChI=1S/C11H24N2O2S2/c1-4-17(14,15)11-8-16-6-5-13(11)7-10(12)9(2)3/h9-11H,4-8,12H2,1-3H3. The molecule has 102 valence electrons. The van der Waals surface area contributed by atoms with Crippen LogP contribution in [0.5, 0.6) is 0 Å². The fourth-order valence-electron chi connectivity index (χ4n) is 1.83. The molecule has 2 N–H and O–H groups in total. The lowest BCUT2D eigenvalue weighted by Crippen LogP contribution is -2.52. The van der Waals surface area contributed by atoms with Crippen LogP contribution in [0.3, 0.4) is 0 Å². The number of nitrogens with zero attached hydrogens (tertiary/aromatic N) is 1. The Morgan fingerprint density at radius 3 is 2.65 bits per heavy atom. The minimum absolute atomic E-state index is 0.0488. The minimum atomic E-state index is -2.99. The predicted octanol–water partition coefficient (Wildman–Crippen LogP) is 0.779. The van der Waals surface area contributed by atoms with Gasteiger partial charge in [0.15, 0.2) is 9.84 Å². The van der Waals surface area contributed by atoms with Gasteiger partial charge in [-0.15, -0.1) is 0 Å². The van der Waals surface area contributed by atoms with Crippen LogP contribution in [-0.4, -0.2) is 55.1 Å². The molecule has 0 aromatic carbocycles. The molecule has 17 heavy (non-hydrogen) atoms. The molecule has 0 aromatic rings. The third kappa shape index (κ3) is 4.12. The second-order valence-corrected chi connectivity index (χ2v) is 8.48. The Balaban J connectivity index is 2.73. The van der Waals surface area contributed by atoms with E-state index in [1.54, 1.807) is 18.7 Å². The van der Waals surface area contributed by atoms with Crippen molar-refractivity contribution in [3.05, 3.63) is 0 Å². The van der Waals surface area contributed by atoms with Crippen LogP contribution >= 0.6 is 11.8 Å². The highest BCUT2D eigenvalue weighted by molar-refractivity contribution is 8.01. The fraction of sp³-hybridized carbons (Fsp3) is 1.00. The first kappa shape index (κ1) is 15.3. The Bertz CT molecular complexity index is 330. The van der Waals surface area contributed by atoms with Crippen molar-refractivity contribution >= 4 is 21.6 Å². The quantitative estimate of drug-likeness (QED) is 0.806. The topological polar surface area (TPSA) is 63.4 Å². The zero-order valence-corrected chi connectivity index (χ0v) is 12.6. The Kier molecular flexibility index (Phi) is 5.76. The van der Waals surface area contributed by atoms with E-state index in [9.17, 15) is 8.42 Å². The number of hydrogen-bond acceptors (Lipinski definition) is 5. The second kappa shape index (κ2) is 6.41. The Labute approximate surface area is 109 Å². The lowest BCUT2D eigenvalue weighted by Gasteiger charge is -2.36. The summed E-state index contributed by atoms with van der Waals surface area (Å²) in [6.07, 6.45) is 0. The molecule has 0 aromatic heterocycles. The molecule has 1 aliphatic rings. The van der Waals surface area contributed by atoms with Crippen LogP contribution in [0.4, 0.5) is 0 Å². The molecule has 2 atom stereocenters. The van der Waals surface area contributed by atoms with Gasteiger partial charge >= 0.3 is 0 Å². The maximum atomic E-state index is 12.0. The number of thioether (sulfide) groups is 1. The van der Waals surface area contributed by atoms with E-state index in [0.29, 0.717) is 18.2 Å². The van der Waals surface area contributed by atoms with Crippen LogP contribution in [0.2, 0.25) is 0 Å². The third-order valence-corrected chi connectivity index (χ3v) is 6.64. The summed E-state index contributed by atoms with van der Waals surface area (Å²) >= 11 is 1.72. The van der Waals surface area contributed by atoms with Crippen LogP contribution in [0.25, 0.3) is 0 Å². The first-order valence-corrected chi connectivity index (χ1v) is 9.04. The monoisotopic (exact) mass is 280 g/mol. The van der Waals surface area contributed by atoms with E-state index in [4.69, 9.17) is 5.73 Å². The summed E-state index contributed by atoms with van der Waals surface area (Å²) in [5.41, 5.74) is 6.05. The number of sulfone groups is 1. The van der Waals surface area contributed by atoms with E-state index in [0.717, 1.165) is 12.3 Å². The van der Waals surface area contributed by atoms with Crippen LogP contribution in [0.15, 0.2) is 0 Å². The van der Waals surface area contributed by atoms with Gasteiger partial charge in [-0.3, -0.25) is 4.90 Å². The van der Waals surface area contributed by atoms with E-state index >= 15 is 0 Å². The van der Waals surface area contributed by atoms with E-state index in [-0.39, 0.29) is 17.2 Å². The molecule has 0 aliphatic carbocycles. The van der Waals surface area contributed by atoms with Gasteiger partial charge in [-0.1, -0.05) is 20.8 Å². The normalized spacial score (nSPS) is 25.1. The highest BCUT2D eigenvalue weighted by atomic mass is 32.2. The Morgan fingerprint density at radius 1 is 1.47 bits per heavy atom. The lowest BCUT2D eigenvalue weighted by atomic mass is 10.1. The molecule has 0 bridgehead atoms. The van der Waals surface area contributed by atoms with E-state index < -0.39 is 9.84 Å². The minimum Gasteiger partial charge on any atom is -0.326 e. The smallest absolute Gasteiger partial charge is 0.166 e. The van der Waals surface area contributed by atoms with E-state index in [1.807, 2.05) is 0 Å². The molecule has 1 saturated heterocycles. The average Bonchev–Trinajstić information content (AvgIpc) is 2.29. The van der Waals surface area contributed by atoms with Gasteiger partial charge in [-0.25, -0.2) is 8.42 Å². The fourth-order valence-corrected chi connectivity index (χ4v) is 4.92. The summed E-state index contributed by atoms with van der Waals surface area (Å²) < 4.78 is 24.0. The predicted molar refractivity (Wildman–Crippen MR) is 75.0 cm³/mol. The van der Waals surface area contributed by atoms with Crippen molar-refractivity contribution in [2.45, 2.75) is 32.2 Å². The molecule has 4 nitrogen and oxygen atoms in total. The maximum Gasteiger partial charge on any atom is 0.166 e. The van der Waals surface area contributed by atoms with Gasteiger partial charge in [0.1, 0.15) is 5.37 Å². The zero-order valence-electron chi connectivity index (χ0n) is 10.9. The average molecular weight is 280 g/mol. The molecule has 6 heteroatoms. The summed E-state index contributed by atoms with van der Waals surface area (Å²) in [5, 5.41) is -0.337. The lowest BCUT2D eigenvalue weighted by molar-refractivity contribution is 0.234. The molecule has 0 saturated carbocycles. The highest BCUT2D eigenvalue weighted by Gasteiger charge is 2.33. The number of rotatable bonds is 5. The van der Waals surface area contributed by atoms with Crippen molar-refractivity contribution in [1.29, 1.82) is 0 Å². The molecule has 1 fully saturated rings. The van der Waals surface area contributed by atoms with Crippen LogP contribution in [0.1, 0.15) is 20.8 Å². The first-order chi connectivity index (χ1) is 7.88. The summed E-state index contributed by atoms with van der Waals surface area (Å²) in [7, 11) is -2.99. The van der Waals surface area contributed by atoms with Gasteiger partial charge in [0.2, 0.25) is 0 Å². The summed E-state index contributed by atoms with van der Waals surface area (Å²) in [5.74, 6) is 2.28. The van der Waals surface area contributed by atoms with Crippen molar-refractivity contribution < 1.29 is 8.42 Å².